The SMILES string of the molecule is OC(COc1ccc(Nc2ccccc2)cc1)CSC1CCCC(SCC(O)COc2ccc(Nc3ccccc3)cc2)CCC1. The maximum Gasteiger partial charge on any atom is 0.119 e. The van der Waals surface area contributed by atoms with E-state index < -0.39 is 12.2 Å². The van der Waals surface area contributed by atoms with Gasteiger partial charge in [0.05, 0.1) is 12.2 Å². The predicted molar refractivity (Wildman–Crippen MR) is 196 cm³/mol. The van der Waals surface area contributed by atoms with Crippen LogP contribution in [-0.4, -0.2) is 57.6 Å². The molecule has 0 amide bonds. The molecular weight excluding hydrogens is 613 g/mol. The van der Waals surface area contributed by atoms with E-state index in [2.05, 4.69) is 10.6 Å². The fraction of sp³-hybridized carbons (Fsp3) is 0.368. The van der Waals surface area contributed by atoms with Crippen LogP contribution in [0.3, 0.4) is 0 Å². The van der Waals surface area contributed by atoms with Crippen LogP contribution in [0.25, 0.3) is 0 Å². The molecule has 0 radical (unpaired) electrons. The van der Waals surface area contributed by atoms with Gasteiger partial charge in [0.15, 0.2) is 0 Å². The first-order chi connectivity index (χ1) is 22.6. The summed E-state index contributed by atoms with van der Waals surface area (Å²) in [6.45, 7) is 0.597. The molecule has 2 unspecified atom stereocenters. The van der Waals surface area contributed by atoms with Gasteiger partial charge in [-0.15, -0.1) is 0 Å². The average Bonchev–Trinajstić information content (AvgIpc) is 3.08. The summed E-state index contributed by atoms with van der Waals surface area (Å²) < 4.78 is 11.7. The van der Waals surface area contributed by atoms with Gasteiger partial charge in [-0.3, -0.25) is 0 Å². The molecule has 0 aromatic heterocycles. The highest BCUT2D eigenvalue weighted by Gasteiger charge is 2.20. The van der Waals surface area contributed by atoms with Crippen LogP contribution in [0.5, 0.6) is 11.5 Å². The molecule has 1 aliphatic rings. The zero-order chi connectivity index (χ0) is 31.8. The first-order valence-corrected chi connectivity index (χ1v) is 18.4. The second-order valence-electron chi connectivity index (χ2n) is 11.7. The van der Waals surface area contributed by atoms with E-state index in [0.717, 1.165) is 34.2 Å². The van der Waals surface area contributed by atoms with Crippen LogP contribution < -0.4 is 20.1 Å². The van der Waals surface area contributed by atoms with Crippen molar-refractivity contribution in [2.75, 3.05) is 35.4 Å². The molecule has 8 heteroatoms. The molecule has 0 bridgehead atoms. The van der Waals surface area contributed by atoms with Gasteiger partial charge in [0.2, 0.25) is 0 Å². The number of rotatable bonds is 16. The van der Waals surface area contributed by atoms with Crippen molar-refractivity contribution in [3.05, 3.63) is 109 Å². The Hall–Kier alpha value is -3.30. The lowest BCUT2D eigenvalue weighted by molar-refractivity contribution is 0.126. The molecule has 244 valence electrons. The molecule has 1 aliphatic carbocycles. The van der Waals surface area contributed by atoms with E-state index in [1.807, 2.05) is 133 Å². The van der Waals surface area contributed by atoms with Crippen LogP contribution in [0.1, 0.15) is 38.5 Å². The van der Waals surface area contributed by atoms with Crippen LogP contribution in [0.15, 0.2) is 109 Å². The molecule has 5 rings (SSSR count). The van der Waals surface area contributed by atoms with Gasteiger partial charge in [-0.1, -0.05) is 49.2 Å². The molecular formula is C38H46N2O4S2. The highest BCUT2D eigenvalue weighted by atomic mass is 32.2. The zero-order valence-electron chi connectivity index (χ0n) is 26.3. The number of aliphatic hydroxyl groups is 2. The minimum absolute atomic E-state index is 0.298. The van der Waals surface area contributed by atoms with E-state index in [1.54, 1.807) is 0 Å². The molecule has 6 nitrogen and oxygen atoms in total. The Balaban J connectivity index is 0.914. The highest BCUT2D eigenvalue weighted by Crippen LogP contribution is 2.32. The fourth-order valence-electron chi connectivity index (χ4n) is 5.39. The maximum atomic E-state index is 10.6. The van der Waals surface area contributed by atoms with Gasteiger partial charge in [0.1, 0.15) is 24.7 Å². The van der Waals surface area contributed by atoms with Crippen molar-refractivity contribution in [1.82, 2.24) is 0 Å². The third kappa shape index (κ3) is 12.1. The number of para-hydroxylation sites is 2. The number of benzene rings is 4. The smallest absolute Gasteiger partial charge is 0.119 e. The maximum absolute atomic E-state index is 10.6. The minimum atomic E-state index is -0.492. The van der Waals surface area contributed by atoms with E-state index in [1.165, 1.54) is 38.5 Å². The van der Waals surface area contributed by atoms with E-state index in [0.29, 0.717) is 35.2 Å². The Morgan fingerprint density at radius 3 is 1.24 bits per heavy atom. The predicted octanol–water partition coefficient (Wildman–Crippen LogP) is 8.91. The van der Waals surface area contributed by atoms with Gasteiger partial charge in [-0.25, -0.2) is 0 Å². The Morgan fingerprint density at radius 1 is 0.522 bits per heavy atom. The summed E-state index contributed by atoms with van der Waals surface area (Å²) in [7, 11) is 0. The normalized spacial score (nSPS) is 18.0. The number of hydrogen-bond acceptors (Lipinski definition) is 8. The van der Waals surface area contributed by atoms with Crippen molar-refractivity contribution in [3.63, 3.8) is 0 Å². The Bertz CT molecular complexity index is 1280. The van der Waals surface area contributed by atoms with Gasteiger partial charge in [-0.05, 0) is 98.5 Å². The van der Waals surface area contributed by atoms with Crippen molar-refractivity contribution < 1.29 is 19.7 Å². The van der Waals surface area contributed by atoms with E-state index in [4.69, 9.17) is 9.47 Å². The molecule has 46 heavy (non-hydrogen) atoms. The summed E-state index contributed by atoms with van der Waals surface area (Å²) in [6.07, 6.45) is 6.07. The van der Waals surface area contributed by atoms with Crippen molar-refractivity contribution in [1.29, 1.82) is 0 Å². The van der Waals surface area contributed by atoms with Crippen LogP contribution in [0.2, 0.25) is 0 Å². The molecule has 1 saturated carbocycles. The topological polar surface area (TPSA) is 83.0 Å². The van der Waals surface area contributed by atoms with Crippen molar-refractivity contribution >= 4 is 46.3 Å². The number of hydrogen-bond donors (Lipinski definition) is 4. The Kier molecular flexibility index (Phi) is 13.9. The first kappa shape index (κ1) is 34.0. The molecule has 0 aliphatic heterocycles. The van der Waals surface area contributed by atoms with Gasteiger partial charge in [-0.2, -0.15) is 23.5 Å². The number of anilines is 4. The monoisotopic (exact) mass is 658 g/mol. The lowest BCUT2D eigenvalue weighted by Crippen LogP contribution is -2.23. The van der Waals surface area contributed by atoms with E-state index in [9.17, 15) is 10.2 Å². The Labute approximate surface area is 282 Å². The largest absolute Gasteiger partial charge is 0.491 e. The van der Waals surface area contributed by atoms with Crippen LogP contribution in [-0.2, 0) is 0 Å². The molecule has 0 spiro atoms. The van der Waals surface area contributed by atoms with Crippen molar-refractivity contribution in [2.45, 2.75) is 61.2 Å². The van der Waals surface area contributed by atoms with Gasteiger partial charge in [0, 0.05) is 44.8 Å². The van der Waals surface area contributed by atoms with Crippen LogP contribution >= 0.6 is 23.5 Å². The quantitative estimate of drug-likeness (QED) is 0.0950. The van der Waals surface area contributed by atoms with Gasteiger partial charge >= 0.3 is 0 Å². The minimum Gasteiger partial charge on any atom is -0.491 e. The lowest BCUT2D eigenvalue weighted by atomic mass is 10.0. The third-order valence-electron chi connectivity index (χ3n) is 7.87. The third-order valence-corrected chi connectivity index (χ3v) is 10.9. The second-order valence-corrected chi connectivity index (χ2v) is 14.4. The molecule has 4 aromatic rings. The lowest BCUT2D eigenvalue weighted by Gasteiger charge is -2.25. The second kappa shape index (κ2) is 18.7. The molecule has 4 N–H and O–H groups in total. The first-order valence-electron chi connectivity index (χ1n) is 16.3. The van der Waals surface area contributed by atoms with Crippen molar-refractivity contribution in [3.8, 4) is 11.5 Å². The summed E-state index contributed by atoms with van der Waals surface area (Å²) in [6, 6.07) is 35.8. The summed E-state index contributed by atoms with van der Waals surface area (Å²) in [5.74, 6) is 2.91. The molecule has 2 atom stereocenters. The highest BCUT2D eigenvalue weighted by molar-refractivity contribution is 8.00. The number of aliphatic hydroxyl groups excluding tert-OH is 2. The summed E-state index contributed by atoms with van der Waals surface area (Å²) in [5, 5.41) is 29.0. The van der Waals surface area contributed by atoms with Gasteiger partial charge < -0.3 is 30.3 Å². The Morgan fingerprint density at radius 2 is 0.870 bits per heavy atom. The summed E-state index contributed by atoms with van der Waals surface area (Å²) >= 11 is 3.77. The standard InChI is InChI=1S/C38H46N2O4S2/c41-33(25-43-35-21-17-31(18-22-35)39-29-9-3-1-4-10-29)27-45-37-13-7-15-38(16-8-14-37)46-28-34(42)26-44-36-23-19-32(20-24-36)40-30-11-5-2-6-12-30/h1-6,9-12,17-24,33-34,37-42H,7-8,13-16,25-28H2. The average molecular weight is 659 g/mol. The van der Waals surface area contributed by atoms with E-state index >= 15 is 0 Å². The number of ether oxygens (including phenoxy) is 2. The fourth-order valence-corrected chi connectivity index (χ4v) is 7.90. The molecule has 0 heterocycles. The molecule has 4 aromatic carbocycles. The zero-order valence-corrected chi connectivity index (χ0v) is 27.9. The molecule has 0 saturated heterocycles. The van der Waals surface area contributed by atoms with Crippen LogP contribution in [0, 0.1) is 0 Å². The molecule has 1 fully saturated rings. The van der Waals surface area contributed by atoms with E-state index in [-0.39, 0.29) is 0 Å². The summed E-state index contributed by atoms with van der Waals surface area (Å²) in [5.41, 5.74) is 4.09. The van der Waals surface area contributed by atoms with Crippen LogP contribution in [0.4, 0.5) is 22.7 Å². The van der Waals surface area contributed by atoms with Crippen molar-refractivity contribution in [2.24, 2.45) is 0 Å². The number of thioether (sulfide) groups is 2. The van der Waals surface area contributed by atoms with Gasteiger partial charge in [0.25, 0.3) is 0 Å². The number of nitrogens with one attached hydrogen (secondary N) is 2. The summed E-state index contributed by atoms with van der Waals surface area (Å²) in [4.78, 5) is 0.